The highest BCUT2D eigenvalue weighted by Crippen LogP contribution is 2.14. The van der Waals surface area contributed by atoms with Gasteiger partial charge < -0.3 is 10.6 Å². The maximum absolute atomic E-state index is 11.7. The quantitative estimate of drug-likeness (QED) is 0.587. The van der Waals surface area contributed by atoms with Gasteiger partial charge in [-0.3, -0.25) is 9.59 Å². The van der Waals surface area contributed by atoms with Crippen molar-refractivity contribution in [1.82, 2.24) is 15.1 Å². The second kappa shape index (κ2) is 6.80. The third-order valence-corrected chi connectivity index (χ3v) is 2.47. The molecule has 0 aliphatic heterocycles. The summed E-state index contributed by atoms with van der Waals surface area (Å²) in [6.45, 7) is 6.18. The number of nitrogens with zero attached hydrogens (tertiary/aromatic N) is 2. The molecule has 6 nitrogen and oxygen atoms in total. The Morgan fingerprint density at radius 3 is 2.94 bits per heavy atom. The summed E-state index contributed by atoms with van der Waals surface area (Å²) < 4.78 is 1.22. The van der Waals surface area contributed by atoms with Crippen LogP contribution < -0.4 is 16.2 Å². The minimum atomic E-state index is -0.374. The summed E-state index contributed by atoms with van der Waals surface area (Å²) in [6.07, 6.45) is 3.04. The lowest BCUT2D eigenvalue weighted by Gasteiger charge is -2.09. The number of amides is 1. The summed E-state index contributed by atoms with van der Waals surface area (Å²) in [5.41, 5.74) is 0.0772. The molecule has 18 heavy (non-hydrogen) atoms. The van der Waals surface area contributed by atoms with Gasteiger partial charge in [0.05, 0.1) is 18.4 Å². The van der Waals surface area contributed by atoms with Crippen LogP contribution in [-0.4, -0.2) is 28.8 Å². The van der Waals surface area contributed by atoms with Crippen LogP contribution in [-0.2, 0) is 11.3 Å². The van der Waals surface area contributed by atoms with Crippen molar-refractivity contribution in [2.24, 2.45) is 0 Å². The van der Waals surface area contributed by atoms with E-state index < -0.39 is 0 Å². The van der Waals surface area contributed by atoms with Gasteiger partial charge >= 0.3 is 0 Å². The number of halogens is 1. The van der Waals surface area contributed by atoms with E-state index in [1.54, 1.807) is 6.08 Å². The van der Waals surface area contributed by atoms with Crippen molar-refractivity contribution in [2.75, 3.05) is 18.4 Å². The fourth-order valence-corrected chi connectivity index (χ4v) is 1.49. The molecule has 1 amide bonds. The summed E-state index contributed by atoms with van der Waals surface area (Å²) in [6, 6.07) is 0. The van der Waals surface area contributed by atoms with Gasteiger partial charge in [0.2, 0.25) is 5.91 Å². The van der Waals surface area contributed by atoms with Crippen molar-refractivity contribution < 1.29 is 4.79 Å². The van der Waals surface area contributed by atoms with Crippen molar-refractivity contribution in [1.29, 1.82) is 0 Å². The van der Waals surface area contributed by atoms with E-state index in [-0.39, 0.29) is 16.5 Å². The monoisotopic (exact) mass is 270 g/mol. The Kier molecular flexibility index (Phi) is 5.38. The summed E-state index contributed by atoms with van der Waals surface area (Å²) in [5.74, 6) is -0.109. The Labute approximate surface area is 110 Å². The van der Waals surface area contributed by atoms with Crippen molar-refractivity contribution in [3.63, 3.8) is 0 Å². The molecule has 0 aromatic carbocycles. The first kappa shape index (κ1) is 14.2. The van der Waals surface area contributed by atoms with Crippen molar-refractivity contribution >= 4 is 23.2 Å². The molecular weight excluding hydrogens is 256 g/mol. The second-order valence-corrected chi connectivity index (χ2v) is 3.94. The highest BCUT2D eigenvalue weighted by atomic mass is 35.5. The van der Waals surface area contributed by atoms with Crippen LogP contribution in [0.3, 0.4) is 0 Å². The second-order valence-electron chi connectivity index (χ2n) is 3.56. The topological polar surface area (TPSA) is 76.0 Å². The molecule has 0 unspecified atom stereocenters. The Morgan fingerprint density at radius 2 is 2.33 bits per heavy atom. The molecule has 0 fully saturated rings. The number of carbonyl (C=O) groups is 1. The molecule has 0 aliphatic rings. The van der Waals surface area contributed by atoms with Crippen LogP contribution in [0.25, 0.3) is 0 Å². The fraction of sp³-hybridized carbons (Fsp3) is 0.364. The first-order chi connectivity index (χ1) is 8.56. The summed E-state index contributed by atoms with van der Waals surface area (Å²) >= 11 is 5.92. The first-order valence-corrected chi connectivity index (χ1v) is 5.79. The molecule has 2 N–H and O–H groups in total. The van der Waals surface area contributed by atoms with Gasteiger partial charge in [-0.25, -0.2) is 4.68 Å². The zero-order valence-corrected chi connectivity index (χ0v) is 10.8. The standard InChI is InChI=1S/C11H15ClN4O2/c1-3-6-16-11(18)10(12)9(7-15-16)14-5-4-13-8(2)17/h3,7,14H,1,4-6H2,2H3,(H,13,17). The third-order valence-electron chi connectivity index (χ3n) is 2.10. The number of hydrogen-bond donors (Lipinski definition) is 2. The molecule has 98 valence electrons. The summed E-state index contributed by atoms with van der Waals surface area (Å²) in [5, 5.41) is 9.57. The molecule has 0 spiro atoms. The largest absolute Gasteiger partial charge is 0.381 e. The lowest BCUT2D eigenvalue weighted by molar-refractivity contribution is -0.118. The molecule has 1 aromatic heterocycles. The highest BCUT2D eigenvalue weighted by Gasteiger charge is 2.07. The molecule has 0 aliphatic carbocycles. The average molecular weight is 271 g/mol. The molecule has 0 saturated carbocycles. The predicted molar refractivity (Wildman–Crippen MR) is 70.9 cm³/mol. The number of carbonyl (C=O) groups excluding carboxylic acids is 1. The van der Waals surface area contributed by atoms with Crippen LogP contribution >= 0.6 is 11.6 Å². The Bertz CT molecular complexity index is 498. The lowest BCUT2D eigenvalue weighted by atomic mass is 10.4. The number of anilines is 1. The molecular formula is C11H15ClN4O2. The van der Waals surface area contributed by atoms with Crippen LogP contribution in [0, 0.1) is 0 Å². The van der Waals surface area contributed by atoms with Gasteiger partial charge in [0.15, 0.2) is 0 Å². The summed E-state index contributed by atoms with van der Waals surface area (Å²) in [4.78, 5) is 22.4. The minimum Gasteiger partial charge on any atom is -0.381 e. The molecule has 0 radical (unpaired) electrons. The van der Waals surface area contributed by atoms with E-state index in [2.05, 4.69) is 22.3 Å². The van der Waals surface area contributed by atoms with Gasteiger partial charge in [0.25, 0.3) is 5.56 Å². The number of rotatable bonds is 6. The number of allylic oxidation sites excluding steroid dienone is 1. The summed E-state index contributed by atoms with van der Waals surface area (Å²) in [7, 11) is 0. The van der Waals surface area contributed by atoms with Crippen LogP contribution in [0.5, 0.6) is 0 Å². The van der Waals surface area contributed by atoms with E-state index in [9.17, 15) is 9.59 Å². The lowest BCUT2D eigenvalue weighted by Crippen LogP contribution is -2.28. The maximum atomic E-state index is 11.7. The molecule has 1 aromatic rings. The van der Waals surface area contributed by atoms with Gasteiger partial charge in [0.1, 0.15) is 5.02 Å². The van der Waals surface area contributed by atoms with E-state index in [1.165, 1.54) is 17.8 Å². The maximum Gasteiger partial charge on any atom is 0.287 e. The van der Waals surface area contributed by atoms with E-state index in [4.69, 9.17) is 11.6 Å². The molecule has 1 rings (SSSR count). The molecule has 1 heterocycles. The van der Waals surface area contributed by atoms with Crippen molar-refractivity contribution in [3.8, 4) is 0 Å². The van der Waals surface area contributed by atoms with Gasteiger partial charge in [-0.2, -0.15) is 5.10 Å². The predicted octanol–water partition coefficient (Wildman–Crippen LogP) is 0.631. The van der Waals surface area contributed by atoms with E-state index in [1.807, 2.05) is 0 Å². The van der Waals surface area contributed by atoms with Crippen LogP contribution in [0.15, 0.2) is 23.6 Å². The average Bonchev–Trinajstić information content (AvgIpc) is 2.33. The van der Waals surface area contributed by atoms with Crippen molar-refractivity contribution in [2.45, 2.75) is 13.5 Å². The number of aromatic nitrogens is 2. The minimum absolute atomic E-state index is 0.0784. The van der Waals surface area contributed by atoms with E-state index in [0.717, 1.165) is 0 Å². The molecule has 0 bridgehead atoms. The van der Waals surface area contributed by atoms with E-state index in [0.29, 0.717) is 25.3 Å². The zero-order chi connectivity index (χ0) is 13.5. The van der Waals surface area contributed by atoms with Gasteiger partial charge in [-0.1, -0.05) is 17.7 Å². The Hall–Kier alpha value is -1.82. The molecule has 0 saturated heterocycles. The first-order valence-electron chi connectivity index (χ1n) is 5.41. The highest BCUT2D eigenvalue weighted by molar-refractivity contribution is 6.32. The smallest absolute Gasteiger partial charge is 0.287 e. The molecule has 7 heteroatoms. The zero-order valence-electron chi connectivity index (χ0n) is 10.1. The normalized spacial score (nSPS) is 9.89. The fourth-order valence-electron chi connectivity index (χ4n) is 1.28. The van der Waals surface area contributed by atoms with Crippen LogP contribution in [0.2, 0.25) is 5.02 Å². The SMILES string of the molecule is C=CCn1ncc(NCCNC(C)=O)c(Cl)c1=O. The van der Waals surface area contributed by atoms with Gasteiger partial charge in [-0.15, -0.1) is 6.58 Å². The number of hydrogen-bond acceptors (Lipinski definition) is 4. The van der Waals surface area contributed by atoms with Gasteiger partial charge in [0, 0.05) is 20.0 Å². The van der Waals surface area contributed by atoms with Crippen molar-refractivity contribution in [3.05, 3.63) is 34.2 Å². The van der Waals surface area contributed by atoms with Crippen LogP contribution in [0.1, 0.15) is 6.92 Å². The molecule has 0 atom stereocenters. The Morgan fingerprint density at radius 1 is 1.61 bits per heavy atom. The Balaban J connectivity index is 2.67. The van der Waals surface area contributed by atoms with E-state index >= 15 is 0 Å². The number of nitrogens with one attached hydrogen (secondary N) is 2. The van der Waals surface area contributed by atoms with Crippen LogP contribution in [0.4, 0.5) is 5.69 Å². The van der Waals surface area contributed by atoms with Gasteiger partial charge in [-0.05, 0) is 0 Å². The third kappa shape index (κ3) is 3.89.